The molecule has 4 nitrogen and oxygen atoms in total. The first-order valence-corrected chi connectivity index (χ1v) is 12.2. The van der Waals surface area contributed by atoms with E-state index < -0.39 is 0 Å². The minimum absolute atomic E-state index is 0. The molecule has 2 rings (SSSR count). The summed E-state index contributed by atoms with van der Waals surface area (Å²) in [6.07, 6.45) is 9.25. The zero-order chi connectivity index (χ0) is 18.8. The van der Waals surface area contributed by atoms with E-state index in [1.165, 1.54) is 5.56 Å². The molecule has 0 aliphatic rings. The van der Waals surface area contributed by atoms with E-state index in [9.17, 15) is 0 Å². The van der Waals surface area contributed by atoms with Gasteiger partial charge >= 0.3 is 0 Å². The summed E-state index contributed by atoms with van der Waals surface area (Å²) in [7, 11) is -0.276. The summed E-state index contributed by atoms with van der Waals surface area (Å²) >= 11 is 19.8. The molecule has 26 heavy (non-hydrogen) atoms. The highest BCUT2D eigenvalue weighted by molar-refractivity contribution is 9.10. The molecule has 0 aliphatic carbocycles. The lowest BCUT2D eigenvalue weighted by molar-refractivity contribution is 1.23. The maximum absolute atomic E-state index is 8.36. The number of aromatic nitrogens is 2. The van der Waals surface area contributed by atoms with E-state index in [0.29, 0.717) is 10.3 Å². The topological polar surface area (TPSA) is 61.9 Å². The Morgan fingerprint density at radius 1 is 1.15 bits per heavy atom. The monoisotopic (exact) mass is 558 g/mol. The van der Waals surface area contributed by atoms with Crippen LogP contribution in [0, 0.1) is 11.5 Å². The number of nitriles is 1. The van der Waals surface area contributed by atoms with Gasteiger partial charge in [0.25, 0.3) is 0 Å². The molecule has 142 valence electrons. The van der Waals surface area contributed by atoms with Gasteiger partial charge in [-0.05, 0) is 67.6 Å². The molecule has 2 aromatic heterocycles. The van der Waals surface area contributed by atoms with Crippen LogP contribution in [0.3, 0.4) is 0 Å². The Morgan fingerprint density at radius 2 is 1.65 bits per heavy atom. The second-order valence-electron chi connectivity index (χ2n) is 4.60. The van der Waals surface area contributed by atoms with Crippen molar-refractivity contribution in [3.05, 3.63) is 54.9 Å². The maximum atomic E-state index is 8.36. The van der Waals surface area contributed by atoms with Crippen LogP contribution in [-0.2, 0) is 22.2 Å². The van der Waals surface area contributed by atoms with Gasteiger partial charge in [0.1, 0.15) is 10.3 Å². The molecule has 2 heterocycles. The second kappa shape index (κ2) is 13.9. The largest absolute Gasteiger partial charge is 0.243 e. The fraction of sp³-hybridized carbons (Fsp3) is 0.312. The molecule has 0 aliphatic heterocycles. The Labute approximate surface area is 188 Å². The van der Waals surface area contributed by atoms with E-state index in [1.807, 2.05) is 18.4 Å². The lowest BCUT2D eigenvalue weighted by Gasteiger charge is -2.01. The van der Waals surface area contributed by atoms with Gasteiger partial charge in [0.2, 0.25) is 6.19 Å². The number of rotatable bonds is 4. The normalized spacial score (nSPS) is 11.0. The molecule has 0 saturated heterocycles. The van der Waals surface area contributed by atoms with E-state index in [-0.39, 0.29) is 18.1 Å². The Bertz CT molecular complexity index is 798. The van der Waals surface area contributed by atoms with Gasteiger partial charge in [-0.15, -0.1) is 0 Å². The van der Waals surface area contributed by atoms with E-state index in [4.69, 9.17) is 28.5 Å². The fourth-order valence-corrected chi connectivity index (χ4v) is 3.92. The van der Waals surface area contributed by atoms with Crippen LogP contribution in [0.4, 0.5) is 0 Å². The predicted molar refractivity (Wildman–Crippen MR) is 123 cm³/mol. The van der Waals surface area contributed by atoms with Gasteiger partial charge in [0.15, 0.2) is 0 Å². The number of pyridine rings is 2. The number of hydrogen-bond acceptors (Lipinski definition) is 5. The molecule has 0 fully saturated rings. The lowest BCUT2D eigenvalue weighted by atomic mass is 10.3. The van der Waals surface area contributed by atoms with Crippen LogP contribution in [0.1, 0.15) is 18.6 Å². The van der Waals surface area contributed by atoms with Gasteiger partial charge in [-0.2, -0.15) is 21.4 Å². The third kappa shape index (κ3) is 9.67. The molecule has 0 saturated carbocycles. The van der Waals surface area contributed by atoms with Crippen molar-refractivity contribution in [1.82, 2.24) is 9.97 Å². The van der Waals surface area contributed by atoms with Crippen molar-refractivity contribution in [2.45, 2.75) is 18.9 Å². The second-order valence-corrected chi connectivity index (χ2v) is 9.56. The minimum Gasteiger partial charge on any atom is -0.243 e. The van der Waals surface area contributed by atoms with Crippen molar-refractivity contribution in [2.24, 2.45) is 4.36 Å². The van der Waals surface area contributed by atoms with Crippen molar-refractivity contribution < 1.29 is 0 Å². The zero-order valence-electron chi connectivity index (χ0n) is 13.3. The quantitative estimate of drug-likeness (QED) is 0.301. The summed E-state index contributed by atoms with van der Waals surface area (Å²) in [6.45, 7) is 0. The van der Waals surface area contributed by atoms with Crippen LogP contribution >= 0.6 is 66.8 Å². The highest BCUT2D eigenvalue weighted by Gasteiger charge is 2.01. The fourth-order valence-electron chi connectivity index (χ4n) is 1.59. The molecule has 2 aromatic rings. The molecule has 0 N–H and O–H groups in total. The first-order valence-electron chi connectivity index (χ1n) is 6.68. The predicted octanol–water partition coefficient (Wildman–Crippen LogP) is 6.91. The van der Waals surface area contributed by atoms with Gasteiger partial charge in [-0.3, -0.25) is 0 Å². The number of thioether (sulfide) groups is 1. The summed E-state index contributed by atoms with van der Waals surface area (Å²) in [6, 6.07) is 3.89. The Balaban J connectivity index is 0.000000475. The number of nitrogens with zero attached hydrogens (tertiary/aromatic N) is 4. The molecule has 1 atom stereocenters. The van der Waals surface area contributed by atoms with Crippen molar-refractivity contribution in [3.63, 3.8) is 0 Å². The number of halogens is 4. The highest BCUT2D eigenvalue weighted by atomic mass is 79.9. The maximum Gasteiger partial charge on any atom is 0.212 e. The van der Waals surface area contributed by atoms with E-state index >= 15 is 0 Å². The molecule has 1 unspecified atom stereocenters. The third-order valence-corrected chi connectivity index (χ3v) is 6.62. The summed E-state index contributed by atoms with van der Waals surface area (Å²) in [5, 5.41) is 9.33. The van der Waals surface area contributed by atoms with Crippen molar-refractivity contribution in [2.75, 3.05) is 12.5 Å². The van der Waals surface area contributed by atoms with Crippen LogP contribution in [0.15, 0.2) is 37.8 Å². The van der Waals surface area contributed by atoms with Gasteiger partial charge in [0, 0.05) is 23.9 Å². The average Bonchev–Trinajstić information content (AvgIpc) is 2.56. The van der Waals surface area contributed by atoms with Crippen LogP contribution in [0.25, 0.3) is 0 Å². The molecule has 0 spiro atoms. The van der Waals surface area contributed by atoms with Crippen LogP contribution in [0.5, 0.6) is 0 Å². The van der Waals surface area contributed by atoms with Gasteiger partial charge in [-0.25, -0.2) is 9.97 Å². The van der Waals surface area contributed by atoms with Crippen molar-refractivity contribution >= 4 is 77.5 Å². The molecule has 0 radical (unpaired) electrons. The third-order valence-electron chi connectivity index (χ3n) is 2.59. The molecular formula is C16H18Br2Cl2N4S2. The summed E-state index contributed by atoms with van der Waals surface area (Å²) in [5.41, 5.74) is 2.21. The first-order chi connectivity index (χ1) is 11.9. The first kappa shape index (κ1) is 25.8. The molecular weight excluding hydrogens is 543 g/mol. The molecule has 0 amide bonds. The van der Waals surface area contributed by atoms with Crippen LogP contribution in [-0.4, -0.2) is 22.5 Å². The smallest absolute Gasteiger partial charge is 0.212 e. The van der Waals surface area contributed by atoms with E-state index in [2.05, 4.69) is 52.4 Å². The van der Waals surface area contributed by atoms with Gasteiger partial charge in [-0.1, -0.05) is 41.3 Å². The average molecular weight is 561 g/mol. The lowest BCUT2D eigenvalue weighted by Crippen LogP contribution is -1.93. The van der Waals surface area contributed by atoms with Crippen LogP contribution < -0.4 is 0 Å². The van der Waals surface area contributed by atoms with Crippen molar-refractivity contribution in [1.29, 1.82) is 5.26 Å². The van der Waals surface area contributed by atoms with E-state index in [0.717, 1.165) is 26.0 Å². The zero-order valence-corrected chi connectivity index (χ0v) is 19.7. The Kier molecular flexibility index (Phi) is 13.8. The standard InChI is InChI=1S/C8H7BrClN3S.C7H7BrClNS.CH4/c1-14(13-5-11)4-6-2-7(9)8(10)12-3-6;1-11-4-5-2-6(8)7(9)10-3-5;/h2-3H,4H2,1H3;2-3H,4H2,1H3;1H4. The SMILES string of the molecule is C.CS(Cc1cnc(Cl)c(Br)c1)=NC#N.CSCc1cnc(Cl)c(Br)c1. The number of hydrogen-bond donors (Lipinski definition) is 0. The minimum atomic E-state index is -0.276. The van der Waals surface area contributed by atoms with E-state index in [1.54, 1.807) is 30.3 Å². The molecule has 0 bridgehead atoms. The molecule has 0 aromatic carbocycles. The highest BCUT2D eigenvalue weighted by Crippen LogP contribution is 2.22. The van der Waals surface area contributed by atoms with Gasteiger partial charge in [0.05, 0.1) is 8.95 Å². The summed E-state index contributed by atoms with van der Waals surface area (Å²) in [5.74, 6) is 1.69. The molecule has 10 heteroatoms. The van der Waals surface area contributed by atoms with Crippen LogP contribution in [0.2, 0.25) is 10.3 Å². The van der Waals surface area contributed by atoms with Crippen molar-refractivity contribution in [3.8, 4) is 6.19 Å². The summed E-state index contributed by atoms with van der Waals surface area (Å²) < 4.78 is 5.36. The van der Waals surface area contributed by atoms with Gasteiger partial charge < -0.3 is 0 Å². The Morgan fingerprint density at radius 3 is 2.12 bits per heavy atom. The Hall–Kier alpha value is -0.170. The summed E-state index contributed by atoms with van der Waals surface area (Å²) in [4.78, 5) is 7.99.